The number of hydrogen-bond donors (Lipinski definition) is 2. The molecule has 50 heavy (non-hydrogen) atoms. The first-order chi connectivity index (χ1) is 23.3. The average Bonchev–Trinajstić information content (AvgIpc) is 3.01. The molecule has 1 heterocycles. The fourth-order valence-electron chi connectivity index (χ4n) is 4.35. The Morgan fingerprint density at radius 1 is 0.880 bits per heavy atom. The summed E-state index contributed by atoms with van der Waals surface area (Å²) in [5.41, 5.74) is 0.879. The number of pyridine rings is 1. The lowest BCUT2D eigenvalue weighted by molar-refractivity contribution is -0.163. The van der Waals surface area contributed by atoms with Crippen LogP contribution < -0.4 is 19.5 Å². The van der Waals surface area contributed by atoms with Gasteiger partial charge in [0, 0.05) is 25.0 Å². The molecule has 0 aliphatic heterocycles. The molecule has 0 aliphatic carbocycles. The molecular formula is C35H44ClF2N3O8S. The molecule has 3 rings (SSSR count). The van der Waals surface area contributed by atoms with Crippen LogP contribution in [0.2, 0.25) is 0 Å². The van der Waals surface area contributed by atoms with E-state index >= 15 is 4.39 Å². The summed E-state index contributed by atoms with van der Waals surface area (Å²) in [5, 5.41) is 2.70. The quantitative estimate of drug-likeness (QED) is 0.121. The smallest absolute Gasteiger partial charge is 0.407 e. The molecule has 11 nitrogen and oxygen atoms in total. The van der Waals surface area contributed by atoms with E-state index in [9.17, 15) is 22.4 Å². The number of esters is 1. The second-order valence-corrected chi connectivity index (χ2v) is 15.6. The number of carbonyl (C=O) groups excluding carboxylic acids is 2. The van der Waals surface area contributed by atoms with Gasteiger partial charge in [-0.25, -0.2) is 31.5 Å². The zero-order valence-corrected chi connectivity index (χ0v) is 30.8. The van der Waals surface area contributed by atoms with Crippen molar-refractivity contribution < 1.29 is 45.7 Å². The topological polar surface area (TPSA) is 142 Å². The van der Waals surface area contributed by atoms with Crippen LogP contribution in [0, 0.1) is 11.6 Å². The maximum absolute atomic E-state index is 15.0. The van der Waals surface area contributed by atoms with E-state index in [0.717, 1.165) is 5.56 Å². The van der Waals surface area contributed by atoms with E-state index in [2.05, 4.69) is 15.0 Å². The van der Waals surface area contributed by atoms with Crippen molar-refractivity contribution in [2.24, 2.45) is 0 Å². The number of rotatable bonds is 15. The number of ether oxygens (including phenoxy) is 4. The number of halogens is 3. The van der Waals surface area contributed by atoms with Crippen molar-refractivity contribution in [2.75, 3.05) is 11.6 Å². The minimum Gasteiger partial charge on any atom is -0.460 e. The lowest BCUT2D eigenvalue weighted by Gasteiger charge is -2.23. The highest BCUT2D eigenvalue weighted by atomic mass is 35.5. The van der Waals surface area contributed by atoms with Gasteiger partial charge in [0.05, 0.1) is 5.75 Å². The Morgan fingerprint density at radius 3 is 2.18 bits per heavy atom. The lowest BCUT2D eigenvalue weighted by Crippen LogP contribution is -2.35. The number of alkyl carbamates (subject to hydrolysis) is 1. The molecule has 2 aromatic carbocycles. The van der Waals surface area contributed by atoms with Crippen LogP contribution in [0.4, 0.5) is 13.6 Å². The molecule has 0 unspecified atom stereocenters. The molecule has 1 aromatic heterocycles. The third kappa shape index (κ3) is 13.4. The number of nitrogens with zero attached hydrogens (tertiary/aromatic N) is 1. The molecule has 0 fully saturated rings. The molecule has 3 aromatic rings. The number of sulfonamides is 1. The van der Waals surface area contributed by atoms with Crippen molar-refractivity contribution in [3.05, 3.63) is 71.3 Å². The van der Waals surface area contributed by atoms with Crippen molar-refractivity contribution in [2.45, 2.75) is 91.7 Å². The van der Waals surface area contributed by atoms with E-state index in [1.807, 2.05) is 0 Å². The van der Waals surface area contributed by atoms with Crippen LogP contribution in [-0.4, -0.2) is 54.4 Å². The van der Waals surface area contributed by atoms with Crippen LogP contribution in [0.5, 0.6) is 17.5 Å². The van der Waals surface area contributed by atoms with Crippen molar-refractivity contribution in [1.82, 2.24) is 15.0 Å². The third-order valence-electron chi connectivity index (χ3n) is 6.48. The molecule has 1 atom stereocenters. The fourth-order valence-corrected chi connectivity index (χ4v) is 5.70. The Morgan fingerprint density at radius 2 is 1.54 bits per heavy atom. The summed E-state index contributed by atoms with van der Waals surface area (Å²) in [5.74, 6) is -4.35. The Balaban J connectivity index is 1.97. The lowest BCUT2D eigenvalue weighted by atomic mass is 10.0. The minimum atomic E-state index is -3.67. The molecular weight excluding hydrogens is 696 g/mol. The van der Waals surface area contributed by atoms with E-state index < -0.39 is 62.8 Å². The SMILES string of the molecule is CC[C@@H](Oc1nc(Oc2cc(CNS(=O)(=O)CCCCl)cc(-c3cccc(CNC(=O)OC(C)(C)C)c3)c2)c(F)cc1F)C(=O)OC(C)(C)C. The van der Waals surface area contributed by atoms with Crippen molar-refractivity contribution >= 4 is 33.7 Å². The number of benzene rings is 2. The van der Waals surface area contributed by atoms with Gasteiger partial charge in [-0.3, -0.25) is 0 Å². The monoisotopic (exact) mass is 739 g/mol. The number of aromatic nitrogens is 1. The van der Waals surface area contributed by atoms with Gasteiger partial charge in [-0.05, 0) is 101 Å². The van der Waals surface area contributed by atoms with Crippen LogP contribution in [0.25, 0.3) is 11.1 Å². The molecule has 0 spiro atoms. The van der Waals surface area contributed by atoms with Crippen LogP contribution in [0.15, 0.2) is 48.5 Å². The maximum Gasteiger partial charge on any atom is 0.407 e. The largest absolute Gasteiger partial charge is 0.460 e. The maximum atomic E-state index is 15.0. The highest BCUT2D eigenvalue weighted by molar-refractivity contribution is 7.89. The molecule has 2 N–H and O–H groups in total. The van der Waals surface area contributed by atoms with Gasteiger partial charge in [0.15, 0.2) is 17.7 Å². The number of hydrogen-bond acceptors (Lipinski definition) is 9. The van der Waals surface area contributed by atoms with Gasteiger partial charge in [0.1, 0.15) is 17.0 Å². The molecule has 0 aliphatic rings. The standard InChI is InChI=1S/C35H44ClF2N3O8S/c1-8-29(32(42)48-34(2,3)4)47-31-28(38)19-27(37)30(41-31)46-26-17-23(21-40-50(44,45)14-10-13-36)16-25(18-26)24-12-9-11-22(15-24)20-39-33(43)49-35(5,6)7/h9,11-12,15-19,29,40H,8,10,13-14,20-21H2,1-7H3,(H,39,43)/t29-/m1/s1. The number of alkyl halides is 1. The summed E-state index contributed by atoms with van der Waals surface area (Å²) >= 11 is 5.67. The third-order valence-corrected chi connectivity index (χ3v) is 8.16. The minimum absolute atomic E-state index is 0.0397. The Labute approximate surface area is 297 Å². The van der Waals surface area contributed by atoms with Gasteiger partial charge in [0.25, 0.3) is 11.8 Å². The van der Waals surface area contributed by atoms with Crippen molar-refractivity contribution in [3.8, 4) is 28.6 Å². The number of amides is 1. The van der Waals surface area contributed by atoms with E-state index in [-0.39, 0.29) is 43.3 Å². The average molecular weight is 740 g/mol. The summed E-state index contributed by atoms with van der Waals surface area (Å²) in [6.07, 6.45) is -1.45. The number of carbonyl (C=O) groups is 2. The summed E-state index contributed by atoms with van der Waals surface area (Å²) in [6, 6.07) is 12.4. The van der Waals surface area contributed by atoms with Gasteiger partial charge in [-0.2, -0.15) is 4.98 Å². The van der Waals surface area contributed by atoms with Crippen LogP contribution in [0.1, 0.15) is 72.4 Å². The Kier molecular flexibility index (Phi) is 14.0. The zero-order chi connectivity index (χ0) is 37.3. The van der Waals surface area contributed by atoms with Gasteiger partial charge >= 0.3 is 12.1 Å². The number of nitrogens with one attached hydrogen (secondary N) is 2. The first-order valence-electron chi connectivity index (χ1n) is 15.9. The Hall–Kier alpha value is -4.01. The van der Waals surface area contributed by atoms with Crippen LogP contribution in [-0.2, 0) is 37.4 Å². The van der Waals surface area contributed by atoms with E-state index in [4.69, 9.17) is 30.5 Å². The molecule has 1 amide bonds. The van der Waals surface area contributed by atoms with Crippen molar-refractivity contribution in [3.63, 3.8) is 0 Å². The molecule has 0 bridgehead atoms. The second-order valence-electron chi connectivity index (χ2n) is 13.3. The molecule has 0 radical (unpaired) electrons. The normalized spacial score (nSPS) is 12.6. The van der Waals surface area contributed by atoms with Gasteiger partial charge in [0.2, 0.25) is 10.0 Å². The molecule has 0 saturated carbocycles. The zero-order valence-electron chi connectivity index (χ0n) is 29.2. The fraction of sp³-hybridized carbons (Fsp3) is 0.457. The predicted molar refractivity (Wildman–Crippen MR) is 186 cm³/mol. The molecule has 15 heteroatoms. The summed E-state index contributed by atoms with van der Waals surface area (Å²) < 4.78 is 79.4. The first kappa shape index (κ1) is 40.4. The van der Waals surface area contributed by atoms with Crippen LogP contribution >= 0.6 is 11.6 Å². The van der Waals surface area contributed by atoms with E-state index in [1.165, 1.54) is 6.07 Å². The highest BCUT2D eigenvalue weighted by Gasteiger charge is 2.28. The van der Waals surface area contributed by atoms with Crippen LogP contribution in [0.3, 0.4) is 0 Å². The summed E-state index contributed by atoms with van der Waals surface area (Å²) in [7, 11) is -3.67. The summed E-state index contributed by atoms with van der Waals surface area (Å²) in [4.78, 5) is 28.7. The van der Waals surface area contributed by atoms with Gasteiger partial charge in [-0.15, -0.1) is 11.6 Å². The predicted octanol–water partition coefficient (Wildman–Crippen LogP) is 7.39. The summed E-state index contributed by atoms with van der Waals surface area (Å²) in [6.45, 7) is 11.9. The van der Waals surface area contributed by atoms with E-state index in [0.29, 0.717) is 22.8 Å². The second kappa shape index (κ2) is 17.3. The van der Waals surface area contributed by atoms with Gasteiger partial charge < -0.3 is 24.3 Å². The molecule has 0 saturated heterocycles. The Bertz CT molecular complexity index is 1760. The highest BCUT2D eigenvalue weighted by Crippen LogP contribution is 2.32. The van der Waals surface area contributed by atoms with Gasteiger partial charge in [-0.1, -0.05) is 25.1 Å². The van der Waals surface area contributed by atoms with E-state index in [1.54, 1.807) is 84.9 Å². The first-order valence-corrected chi connectivity index (χ1v) is 18.1. The molecule has 274 valence electrons. The van der Waals surface area contributed by atoms with Crippen molar-refractivity contribution in [1.29, 1.82) is 0 Å².